The summed E-state index contributed by atoms with van der Waals surface area (Å²) in [5.41, 5.74) is 0.845. The van der Waals surface area contributed by atoms with Crippen molar-refractivity contribution < 1.29 is 22.7 Å². The number of rotatable bonds is 1. The van der Waals surface area contributed by atoms with E-state index in [1.54, 1.807) is 6.07 Å². The summed E-state index contributed by atoms with van der Waals surface area (Å²) in [6.07, 6.45) is 0. The van der Waals surface area contributed by atoms with Crippen LogP contribution in [0.25, 0.3) is 0 Å². The number of benzene rings is 1. The Kier molecular flexibility index (Phi) is 4.84. The Balaban J connectivity index is 0.000000810. The summed E-state index contributed by atoms with van der Waals surface area (Å²) in [6, 6.07) is 6.92. The fraction of sp³-hybridized carbons (Fsp3) is 0.143. The molecule has 0 N–H and O–H groups in total. The zero-order valence-corrected chi connectivity index (χ0v) is 9.29. The Morgan fingerprint density at radius 1 is 1.30 bits per heavy atom. The average Bonchev–Trinajstić information content (AvgIpc) is 1.89. The molecule has 0 aliphatic carbocycles. The molecule has 0 fully saturated rings. The standard InChI is InChI=1S/C7H6F.ClH.Zn/c1-6-4-2-3-5-7(6)8;;/h2-5H,1H2;1H;. The molecule has 0 aliphatic heterocycles. The van der Waals surface area contributed by atoms with E-state index in [0.29, 0.717) is 0 Å². The summed E-state index contributed by atoms with van der Waals surface area (Å²) in [6.45, 7) is 0. The molecule has 10 heavy (non-hydrogen) atoms. The Labute approximate surface area is 75.9 Å². The molecule has 0 unspecified atom stereocenters. The molecule has 1 aromatic rings. The van der Waals surface area contributed by atoms with Crippen molar-refractivity contribution in [3.63, 3.8) is 0 Å². The fourth-order valence-electron chi connectivity index (χ4n) is 0.701. The minimum absolute atomic E-state index is 0. The molecule has 0 heterocycles. The zero-order chi connectivity index (χ0) is 6.69. The molecule has 0 aliphatic rings. The second-order valence-corrected chi connectivity index (χ2v) is 2.89. The molecule has 0 aromatic heterocycles. The third-order valence-corrected chi connectivity index (χ3v) is 2.36. The van der Waals surface area contributed by atoms with Crippen LogP contribution in [0, 0.1) is 5.82 Å². The molecule has 3 heteroatoms. The van der Waals surface area contributed by atoms with Gasteiger partial charge in [0, 0.05) is 0 Å². The van der Waals surface area contributed by atoms with Crippen molar-refractivity contribution in [2.45, 2.75) is 5.02 Å². The predicted molar refractivity (Wildman–Crippen MR) is 37.4 cm³/mol. The molecule has 51 valence electrons. The molecule has 0 atom stereocenters. The van der Waals surface area contributed by atoms with Crippen molar-refractivity contribution in [3.8, 4) is 0 Å². The molecule has 0 bridgehead atoms. The van der Waals surface area contributed by atoms with Crippen molar-refractivity contribution in [3.05, 3.63) is 35.6 Å². The van der Waals surface area contributed by atoms with Gasteiger partial charge in [-0.3, -0.25) is 0 Å². The van der Waals surface area contributed by atoms with Gasteiger partial charge in [-0.2, -0.15) is 0 Å². The summed E-state index contributed by atoms with van der Waals surface area (Å²) < 4.78 is 12.6. The molecule has 0 saturated carbocycles. The van der Waals surface area contributed by atoms with E-state index in [0.717, 1.165) is 28.9 Å². The van der Waals surface area contributed by atoms with Gasteiger partial charge in [-0.1, -0.05) is 0 Å². The molecule has 0 radical (unpaired) electrons. The van der Waals surface area contributed by atoms with Gasteiger partial charge in [0.05, 0.1) is 0 Å². The summed E-state index contributed by atoms with van der Waals surface area (Å²) in [7, 11) is 0. The average molecular weight is 211 g/mol. The van der Waals surface area contributed by atoms with E-state index < -0.39 is 0 Å². The van der Waals surface area contributed by atoms with E-state index >= 15 is 0 Å². The Hall–Kier alpha value is 0.0634. The van der Waals surface area contributed by atoms with Crippen LogP contribution >= 0.6 is 12.4 Å². The molecule has 0 saturated heterocycles. The fourth-order valence-corrected chi connectivity index (χ4v) is 1.55. The van der Waals surface area contributed by atoms with E-state index in [2.05, 4.69) is 0 Å². The second kappa shape index (κ2) is 4.81. The quantitative estimate of drug-likeness (QED) is 0.625. The van der Waals surface area contributed by atoms with E-state index in [4.69, 9.17) is 0 Å². The van der Waals surface area contributed by atoms with Crippen molar-refractivity contribution >= 4 is 12.4 Å². The summed E-state index contributed by atoms with van der Waals surface area (Å²) in [4.78, 5) is 0. The molecule has 1 rings (SSSR count). The van der Waals surface area contributed by atoms with Gasteiger partial charge in [0.2, 0.25) is 0 Å². The van der Waals surface area contributed by atoms with Crippen molar-refractivity contribution in [2.75, 3.05) is 0 Å². The van der Waals surface area contributed by atoms with Crippen molar-refractivity contribution in [2.24, 2.45) is 0 Å². The van der Waals surface area contributed by atoms with Gasteiger partial charge >= 0.3 is 63.4 Å². The Morgan fingerprint density at radius 3 is 2.30 bits per heavy atom. The summed E-state index contributed by atoms with van der Waals surface area (Å²) in [5, 5.41) is 0.896. The number of hydrogen-bond donors (Lipinski definition) is 0. The van der Waals surface area contributed by atoms with Gasteiger partial charge in [-0.25, -0.2) is 0 Å². The number of halogens is 2. The first-order valence-corrected chi connectivity index (χ1v) is 4.97. The summed E-state index contributed by atoms with van der Waals surface area (Å²) >= 11 is 1.13. The minimum atomic E-state index is -0.0660. The third kappa shape index (κ3) is 2.36. The SMILES string of the molecule is Cl.Fc1ccccc1[CH2][Zn]. The Morgan fingerprint density at radius 2 is 1.90 bits per heavy atom. The van der Waals surface area contributed by atoms with Crippen LogP contribution in [0.2, 0.25) is 0 Å². The van der Waals surface area contributed by atoms with Gasteiger partial charge in [-0.05, 0) is 0 Å². The van der Waals surface area contributed by atoms with Crippen LogP contribution in [0.4, 0.5) is 4.39 Å². The van der Waals surface area contributed by atoms with Crippen molar-refractivity contribution in [1.29, 1.82) is 0 Å². The normalized spacial score (nSPS) is 8.70. The molecular weight excluding hydrogens is 204 g/mol. The van der Waals surface area contributed by atoms with E-state index in [9.17, 15) is 4.39 Å². The van der Waals surface area contributed by atoms with E-state index in [1.807, 2.05) is 12.1 Å². The van der Waals surface area contributed by atoms with Crippen LogP contribution in [-0.2, 0) is 23.3 Å². The number of hydrogen-bond acceptors (Lipinski definition) is 0. The molecule has 1 aromatic carbocycles. The molecular formula is C7H7ClFZn. The predicted octanol–water partition coefficient (Wildman–Crippen LogP) is 2.29. The third-order valence-electron chi connectivity index (χ3n) is 1.23. The first kappa shape index (κ1) is 10.1. The van der Waals surface area contributed by atoms with Gasteiger partial charge in [-0.15, -0.1) is 12.4 Å². The van der Waals surface area contributed by atoms with E-state index in [-0.39, 0.29) is 18.2 Å². The summed E-state index contributed by atoms with van der Waals surface area (Å²) in [5.74, 6) is -0.0660. The maximum atomic E-state index is 12.6. The van der Waals surface area contributed by atoms with Crippen LogP contribution in [0.15, 0.2) is 24.3 Å². The van der Waals surface area contributed by atoms with Crippen LogP contribution in [0.1, 0.15) is 5.56 Å². The van der Waals surface area contributed by atoms with Crippen molar-refractivity contribution in [1.82, 2.24) is 0 Å². The van der Waals surface area contributed by atoms with E-state index in [1.165, 1.54) is 6.07 Å². The van der Waals surface area contributed by atoms with Gasteiger partial charge < -0.3 is 0 Å². The van der Waals surface area contributed by atoms with Gasteiger partial charge in [0.15, 0.2) is 0 Å². The van der Waals surface area contributed by atoms with Crippen LogP contribution in [-0.4, -0.2) is 0 Å². The van der Waals surface area contributed by atoms with Gasteiger partial charge in [0.1, 0.15) is 0 Å². The maximum absolute atomic E-state index is 12.6. The zero-order valence-electron chi connectivity index (χ0n) is 5.51. The van der Waals surface area contributed by atoms with Crippen LogP contribution < -0.4 is 0 Å². The van der Waals surface area contributed by atoms with Crippen LogP contribution in [0.5, 0.6) is 0 Å². The van der Waals surface area contributed by atoms with Crippen LogP contribution in [0.3, 0.4) is 0 Å². The second-order valence-electron chi connectivity index (χ2n) is 1.84. The monoisotopic (exact) mass is 209 g/mol. The Bertz CT molecular complexity index is 203. The topological polar surface area (TPSA) is 0 Å². The molecule has 0 spiro atoms. The molecule has 0 nitrogen and oxygen atoms in total. The first-order chi connectivity index (χ1) is 4.34. The molecule has 0 amide bonds. The first-order valence-electron chi connectivity index (χ1n) is 2.87. The van der Waals surface area contributed by atoms with Gasteiger partial charge in [0.25, 0.3) is 0 Å².